The van der Waals surface area contributed by atoms with Crippen molar-refractivity contribution < 1.29 is 9.59 Å². The van der Waals surface area contributed by atoms with Crippen LogP contribution in [0, 0.1) is 0 Å². The quantitative estimate of drug-likeness (QED) is 0.596. The number of amides is 2. The molecule has 1 aliphatic carbocycles. The average Bonchev–Trinajstić information content (AvgIpc) is 2.88. The lowest BCUT2D eigenvalue weighted by molar-refractivity contribution is -0.140. The van der Waals surface area contributed by atoms with Crippen LogP contribution in [0.15, 0.2) is 11.6 Å². The van der Waals surface area contributed by atoms with Gasteiger partial charge in [0.15, 0.2) is 0 Å². The van der Waals surface area contributed by atoms with Crippen LogP contribution in [0.1, 0.15) is 46.0 Å². The van der Waals surface area contributed by atoms with E-state index in [1.54, 1.807) is 0 Å². The third-order valence-corrected chi connectivity index (χ3v) is 3.67. The average molecular weight is 250 g/mol. The first-order valence-corrected chi connectivity index (χ1v) is 6.87. The molecule has 2 rings (SSSR count). The van der Waals surface area contributed by atoms with E-state index in [2.05, 4.69) is 11.4 Å². The van der Waals surface area contributed by atoms with Gasteiger partial charge in [-0.3, -0.25) is 14.5 Å². The minimum absolute atomic E-state index is 0.0330. The Hall–Kier alpha value is -1.16. The lowest BCUT2D eigenvalue weighted by Crippen LogP contribution is -2.42. The molecular weight excluding hydrogens is 228 g/mol. The van der Waals surface area contributed by atoms with Crippen molar-refractivity contribution in [3.8, 4) is 0 Å². The summed E-state index contributed by atoms with van der Waals surface area (Å²) in [6, 6.07) is -0.337. The van der Waals surface area contributed by atoms with E-state index in [9.17, 15) is 9.59 Å². The molecule has 1 saturated heterocycles. The van der Waals surface area contributed by atoms with Gasteiger partial charge >= 0.3 is 0 Å². The summed E-state index contributed by atoms with van der Waals surface area (Å²) in [5.74, 6) is -0.108. The molecule has 0 saturated carbocycles. The Morgan fingerprint density at radius 1 is 1.44 bits per heavy atom. The molecule has 1 heterocycles. The molecule has 2 aliphatic rings. The second kappa shape index (κ2) is 5.65. The van der Waals surface area contributed by atoms with Gasteiger partial charge in [0.05, 0.1) is 12.5 Å². The summed E-state index contributed by atoms with van der Waals surface area (Å²) in [4.78, 5) is 25.1. The van der Waals surface area contributed by atoms with Gasteiger partial charge in [0.1, 0.15) is 0 Å². The molecule has 0 radical (unpaired) electrons. The molecule has 1 fully saturated rings. The number of nitrogens with one attached hydrogen (secondary N) is 1. The highest BCUT2D eigenvalue weighted by atomic mass is 16.2. The summed E-state index contributed by atoms with van der Waals surface area (Å²) in [6.45, 7) is 4.55. The highest BCUT2D eigenvalue weighted by Crippen LogP contribution is 2.20. The van der Waals surface area contributed by atoms with E-state index in [0.29, 0.717) is 6.42 Å². The summed E-state index contributed by atoms with van der Waals surface area (Å²) in [7, 11) is 0. The van der Waals surface area contributed by atoms with Gasteiger partial charge in [-0.05, 0) is 46.1 Å². The number of carbonyl (C=O) groups excluding carboxylic acids is 2. The summed E-state index contributed by atoms with van der Waals surface area (Å²) < 4.78 is 0. The lowest BCUT2D eigenvalue weighted by Gasteiger charge is -2.19. The van der Waals surface area contributed by atoms with E-state index >= 15 is 0 Å². The van der Waals surface area contributed by atoms with Crippen LogP contribution in [0.5, 0.6) is 0 Å². The Morgan fingerprint density at radius 2 is 2.22 bits per heavy atom. The van der Waals surface area contributed by atoms with Crippen molar-refractivity contribution in [3.05, 3.63) is 11.6 Å². The zero-order valence-corrected chi connectivity index (χ0v) is 11.2. The minimum atomic E-state index is -0.304. The van der Waals surface area contributed by atoms with Crippen LogP contribution >= 0.6 is 0 Å². The molecule has 100 valence electrons. The molecule has 0 bridgehead atoms. The predicted molar refractivity (Wildman–Crippen MR) is 69.9 cm³/mol. The third-order valence-electron chi connectivity index (χ3n) is 3.67. The highest BCUT2D eigenvalue weighted by Gasteiger charge is 2.39. The molecule has 1 aliphatic heterocycles. The number of hydrogen-bond acceptors (Lipinski definition) is 3. The molecule has 0 aromatic heterocycles. The molecular formula is C14H22N2O2. The van der Waals surface area contributed by atoms with Crippen molar-refractivity contribution in [2.24, 2.45) is 0 Å². The maximum Gasteiger partial charge on any atom is 0.247 e. The molecule has 18 heavy (non-hydrogen) atoms. The fourth-order valence-electron chi connectivity index (χ4n) is 2.72. The standard InChI is InChI=1S/C14H22N2O2/c1-10(2)16-13(17)9-12(14(16)18)15-8-7-11-5-3-4-6-11/h5,10,12,15H,3-4,6-9H2,1-2H3. The smallest absolute Gasteiger partial charge is 0.247 e. The molecule has 0 spiro atoms. The Morgan fingerprint density at radius 3 is 2.78 bits per heavy atom. The fraction of sp³-hybridized carbons (Fsp3) is 0.714. The van der Waals surface area contributed by atoms with Gasteiger partial charge in [-0.25, -0.2) is 0 Å². The number of carbonyl (C=O) groups is 2. The number of nitrogens with zero attached hydrogens (tertiary/aromatic N) is 1. The van der Waals surface area contributed by atoms with Crippen LogP contribution in [0.25, 0.3) is 0 Å². The van der Waals surface area contributed by atoms with Gasteiger partial charge in [0.2, 0.25) is 11.8 Å². The third kappa shape index (κ3) is 2.80. The zero-order chi connectivity index (χ0) is 13.1. The maximum absolute atomic E-state index is 12.0. The van der Waals surface area contributed by atoms with E-state index in [1.807, 2.05) is 13.8 Å². The topological polar surface area (TPSA) is 49.4 Å². The predicted octanol–water partition coefficient (Wildman–Crippen LogP) is 1.61. The van der Waals surface area contributed by atoms with Crippen molar-refractivity contribution in [1.29, 1.82) is 0 Å². The number of imide groups is 1. The van der Waals surface area contributed by atoms with Gasteiger partial charge in [-0.1, -0.05) is 11.6 Å². The van der Waals surface area contributed by atoms with Gasteiger partial charge < -0.3 is 5.32 Å². The second-order valence-corrected chi connectivity index (χ2v) is 5.41. The summed E-state index contributed by atoms with van der Waals surface area (Å²) >= 11 is 0. The maximum atomic E-state index is 12.0. The fourth-order valence-corrected chi connectivity index (χ4v) is 2.72. The van der Waals surface area contributed by atoms with Gasteiger partial charge in [-0.15, -0.1) is 0 Å². The molecule has 1 N–H and O–H groups in total. The van der Waals surface area contributed by atoms with E-state index in [-0.39, 0.29) is 23.9 Å². The molecule has 4 heteroatoms. The Bertz CT molecular complexity index is 374. The zero-order valence-electron chi connectivity index (χ0n) is 11.2. The van der Waals surface area contributed by atoms with Crippen molar-refractivity contribution in [1.82, 2.24) is 10.2 Å². The first kappa shape index (κ1) is 13.3. The number of rotatable bonds is 5. The van der Waals surface area contributed by atoms with Crippen LogP contribution < -0.4 is 5.32 Å². The van der Waals surface area contributed by atoms with Crippen molar-refractivity contribution >= 4 is 11.8 Å². The SMILES string of the molecule is CC(C)N1C(=O)CC(NCCC2=CCCC2)C1=O. The first-order valence-electron chi connectivity index (χ1n) is 6.87. The molecule has 1 unspecified atom stereocenters. The Balaban J connectivity index is 1.80. The summed E-state index contributed by atoms with van der Waals surface area (Å²) in [6.07, 6.45) is 7.26. The van der Waals surface area contributed by atoms with Crippen LogP contribution in [0.2, 0.25) is 0 Å². The molecule has 4 nitrogen and oxygen atoms in total. The van der Waals surface area contributed by atoms with Gasteiger partial charge in [-0.2, -0.15) is 0 Å². The number of allylic oxidation sites excluding steroid dienone is 1. The minimum Gasteiger partial charge on any atom is -0.305 e. The summed E-state index contributed by atoms with van der Waals surface area (Å²) in [5.41, 5.74) is 1.49. The monoisotopic (exact) mass is 250 g/mol. The van der Waals surface area contributed by atoms with Crippen LogP contribution in [-0.2, 0) is 9.59 Å². The molecule has 1 atom stereocenters. The van der Waals surface area contributed by atoms with Crippen LogP contribution in [-0.4, -0.2) is 35.3 Å². The van der Waals surface area contributed by atoms with Crippen molar-refractivity contribution in [3.63, 3.8) is 0 Å². The number of hydrogen-bond donors (Lipinski definition) is 1. The van der Waals surface area contributed by atoms with Crippen molar-refractivity contribution in [2.75, 3.05) is 6.54 Å². The second-order valence-electron chi connectivity index (χ2n) is 5.41. The van der Waals surface area contributed by atoms with E-state index in [1.165, 1.54) is 29.7 Å². The summed E-state index contributed by atoms with van der Waals surface area (Å²) in [5, 5.41) is 3.22. The Labute approximate surface area is 108 Å². The van der Waals surface area contributed by atoms with Crippen LogP contribution in [0.3, 0.4) is 0 Å². The van der Waals surface area contributed by atoms with Gasteiger partial charge in [0, 0.05) is 6.04 Å². The lowest BCUT2D eigenvalue weighted by atomic mass is 10.1. The Kier molecular flexibility index (Phi) is 4.17. The van der Waals surface area contributed by atoms with E-state index < -0.39 is 0 Å². The molecule has 0 aromatic carbocycles. The van der Waals surface area contributed by atoms with Crippen molar-refractivity contribution in [2.45, 2.75) is 58.0 Å². The van der Waals surface area contributed by atoms with E-state index in [0.717, 1.165) is 13.0 Å². The normalized spacial score (nSPS) is 24.3. The first-order chi connectivity index (χ1) is 8.59. The largest absolute Gasteiger partial charge is 0.305 e. The number of likely N-dealkylation sites (tertiary alicyclic amines) is 1. The molecule has 0 aromatic rings. The van der Waals surface area contributed by atoms with Crippen LogP contribution in [0.4, 0.5) is 0 Å². The van der Waals surface area contributed by atoms with Gasteiger partial charge in [0.25, 0.3) is 0 Å². The molecule has 2 amide bonds. The highest BCUT2D eigenvalue weighted by molar-refractivity contribution is 6.05. The van der Waals surface area contributed by atoms with E-state index in [4.69, 9.17) is 0 Å².